The first-order valence-electron chi connectivity index (χ1n) is 8.35. The zero-order valence-corrected chi connectivity index (χ0v) is 13.4. The van der Waals surface area contributed by atoms with Crippen molar-refractivity contribution in [2.75, 3.05) is 39.8 Å². The molecule has 1 aromatic rings. The average molecular weight is 288 g/mol. The van der Waals surface area contributed by atoms with Crippen LogP contribution in [-0.4, -0.2) is 61.8 Å². The maximum Gasteiger partial charge on any atom is 0.0639 e. The van der Waals surface area contributed by atoms with Gasteiger partial charge in [0, 0.05) is 45.2 Å². The lowest BCUT2D eigenvalue weighted by molar-refractivity contribution is -0.0212. The second kappa shape index (κ2) is 6.91. The second-order valence-corrected chi connectivity index (χ2v) is 6.42. The van der Waals surface area contributed by atoms with Gasteiger partial charge in [-0.15, -0.1) is 0 Å². The highest BCUT2D eigenvalue weighted by atomic mass is 16.5. The summed E-state index contributed by atoms with van der Waals surface area (Å²) in [5.41, 5.74) is 1.45. The molecular weight excluding hydrogens is 260 g/mol. The Hall–Kier alpha value is -0.900. The van der Waals surface area contributed by atoms with Gasteiger partial charge in [0.25, 0.3) is 0 Å². The summed E-state index contributed by atoms with van der Waals surface area (Å²) in [6.45, 7) is 8.23. The lowest BCUT2D eigenvalue weighted by Gasteiger charge is -2.41. The first-order chi connectivity index (χ1) is 10.3. The number of likely N-dealkylation sites (N-methyl/N-ethyl adjacent to an activating group) is 1. The molecule has 0 N–H and O–H groups in total. The van der Waals surface area contributed by atoms with Gasteiger partial charge in [-0.3, -0.25) is 4.90 Å². The first kappa shape index (κ1) is 15.0. The van der Waals surface area contributed by atoms with Crippen molar-refractivity contribution in [3.05, 3.63) is 35.9 Å². The number of hydrogen-bond donors (Lipinski definition) is 0. The van der Waals surface area contributed by atoms with Crippen LogP contribution in [0.5, 0.6) is 0 Å². The molecule has 3 rings (SSSR count). The highest BCUT2D eigenvalue weighted by molar-refractivity contribution is 5.15. The maximum absolute atomic E-state index is 5.76. The summed E-state index contributed by atoms with van der Waals surface area (Å²) >= 11 is 0. The van der Waals surface area contributed by atoms with Gasteiger partial charge in [0.1, 0.15) is 0 Å². The second-order valence-electron chi connectivity index (χ2n) is 6.42. The van der Waals surface area contributed by atoms with Gasteiger partial charge < -0.3 is 9.64 Å². The van der Waals surface area contributed by atoms with E-state index in [2.05, 4.69) is 47.1 Å². The molecular formula is C18H28N2O. The van der Waals surface area contributed by atoms with Gasteiger partial charge in [0.05, 0.1) is 6.10 Å². The predicted octanol–water partition coefficient (Wildman–Crippen LogP) is 2.27. The third-order valence-electron chi connectivity index (χ3n) is 5.34. The van der Waals surface area contributed by atoms with E-state index in [-0.39, 0.29) is 0 Å². The molecule has 3 nitrogen and oxygen atoms in total. The van der Waals surface area contributed by atoms with Crippen molar-refractivity contribution in [2.45, 2.75) is 31.9 Å². The van der Waals surface area contributed by atoms with Crippen molar-refractivity contribution >= 4 is 0 Å². The molecule has 2 aliphatic heterocycles. The Bertz CT molecular complexity index is 436. The van der Waals surface area contributed by atoms with Crippen LogP contribution < -0.4 is 0 Å². The fraction of sp³-hybridized carbons (Fsp3) is 0.667. The van der Waals surface area contributed by atoms with Crippen LogP contribution in [0.25, 0.3) is 0 Å². The number of benzene rings is 1. The summed E-state index contributed by atoms with van der Waals surface area (Å²) in [7, 11) is 1.88. The molecule has 116 valence electrons. The number of methoxy groups -OCH3 is 1. The van der Waals surface area contributed by atoms with E-state index in [0.29, 0.717) is 18.1 Å². The van der Waals surface area contributed by atoms with Crippen LogP contribution in [0.3, 0.4) is 0 Å². The van der Waals surface area contributed by atoms with Crippen molar-refractivity contribution < 1.29 is 4.74 Å². The average Bonchev–Trinajstić information content (AvgIpc) is 2.98. The van der Waals surface area contributed by atoms with Gasteiger partial charge in [-0.1, -0.05) is 37.3 Å². The molecule has 0 aliphatic carbocycles. The highest BCUT2D eigenvalue weighted by Crippen LogP contribution is 2.32. The van der Waals surface area contributed by atoms with Gasteiger partial charge in [-0.05, 0) is 24.9 Å². The molecule has 3 heteroatoms. The molecule has 2 fully saturated rings. The van der Waals surface area contributed by atoms with Crippen LogP contribution in [0.1, 0.15) is 18.9 Å². The Labute approximate surface area is 128 Å². The molecule has 0 saturated carbocycles. The molecule has 0 bridgehead atoms. The van der Waals surface area contributed by atoms with Gasteiger partial charge in [-0.2, -0.15) is 0 Å². The van der Waals surface area contributed by atoms with Crippen molar-refractivity contribution in [1.29, 1.82) is 0 Å². The van der Waals surface area contributed by atoms with E-state index in [0.717, 1.165) is 13.0 Å². The van der Waals surface area contributed by atoms with Crippen LogP contribution >= 0.6 is 0 Å². The molecule has 0 unspecified atom stereocenters. The number of rotatable bonds is 5. The molecule has 0 aromatic heterocycles. The highest BCUT2D eigenvalue weighted by Gasteiger charge is 2.43. The minimum Gasteiger partial charge on any atom is -0.381 e. The molecule has 2 saturated heterocycles. The third-order valence-corrected chi connectivity index (χ3v) is 5.34. The fourth-order valence-corrected chi connectivity index (χ4v) is 4.06. The van der Waals surface area contributed by atoms with Gasteiger partial charge >= 0.3 is 0 Å². The van der Waals surface area contributed by atoms with Crippen LogP contribution in [0.15, 0.2) is 30.3 Å². The topological polar surface area (TPSA) is 15.7 Å². The first-order valence-corrected chi connectivity index (χ1v) is 8.35. The summed E-state index contributed by atoms with van der Waals surface area (Å²) in [4.78, 5) is 5.30. The minimum absolute atomic E-state index is 0.458. The van der Waals surface area contributed by atoms with Crippen LogP contribution in [0, 0.1) is 5.92 Å². The summed E-state index contributed by atoms with van der Waals surface area (Å²) < 4.78 is 5.76. The van der Waals surface area contributed by atoms with Gasteiger partial charge in [0.15, 0.2) is 0 Å². The Morgan fingerprint density at radius 3 is 2.71 bits per heavy atom. The standard InChI is InChI=1S/C18H28N2O/c1-3-19-13-16-17(14-19)20(12-10-18(16)21-2)11-9-15-7-5-4-6-8-15/h4-8,16-18H,3,9-14H2,1-2H3/t16-,17+,18-/m1/s1. The lowest BCUT2D eigenvalue weighted by atomic mass is 9.88. The van der Waals surface area contributed by atoms with E-state index in [9.17, 15) is 0 Å². The summed E-state index contributed by atoms with van der Waals surface area (Å²) in [5, 5.41) is 0. The van der Waals surface area contributed by atoms with E-state index >= 15 is 0 Å². The minimum atomic E-state index is 0.458. The Morgan fingerprint density at radius 2 is 2.00 bits per heavy atom. The number of likely N-dealkylation sites (tertiary alicyclic amines) is 2. The smallest absolute Gasteiger partial charge is 0.0639 e. The summed E-state index contributed by atoms with van der Waals surface area (Å²) in [6.07, 6.45) is 2.80. The van der Waals surface area contributed by atoms with Crippen LogP contribution in [-0.2, 0) is 11.2 Å². The molecule has 0 spiro atoms. The summed E-state index contributed by atoms with van der Waals surface area (Å²) in [6, 6.07) is 11.6. The predicted molar refractivity (Wildman–Crippen MR) is 86.5 cm³/mol. The van der Waals surface area contributed by atoms with E-state index in [4.69, 9.17) is 4.74 Å². The Kier molecular flexibility index (Phi) is 4.94. The van der Waals surface area contributed by atoms with E-state index in [1.165, 1.54) is 38.2 Å². The SMILES string of the molecule is CCN1C[C@H]2[C@H](OC)CCN(CCc3ccccc3)[C@H]2C1. The number of hydrogen-bond acceptors (Lipinski definition) is 3. The fourth-order valence-electron chi connectivity index (χ4n) is 4.06. The molecule has 2 heterocycles. The zero-order valence-electron chi connectivity index (χ0n) is 13.4. The molecule has 2 aliphatic rings. The number of fused-ring (bicyclic) bond motifs is 1. The third kappa shape index (κ3) is 3.31. The quantitative estimate of drug-likeness (QED) is 0.826. The number of ether oxygens (including phenoxy) is 1. The number of nitrogens with zero attached hydrogens (tertiary/aromatic N) is 2. The van der Waals surface area contributed by atoms with E-state index in [1.54, 1.807) is 0 Å². The van der Waals surface area contributed by atoms with Crippen LogP contribution in [0.2, 0.25) is 0 Å². The largest absolute Gasteiger partial charge is 0.381 e. The molecule has 1 aromatic carbocycles. The van der Waals surface area contributed by atoms with Crippen molar-refractivity contribution in [2.24, 2.45) is 5.92 Å². The zero-order chi connectivity index (χ0) is 14.7. The van der Waals surface area contributed by atoms with Crippen molar-refractivity contribution in [1.82, 2.24) is 9.80 Å². The van der Waals surface area contributed by atoms with Gasteiger partial charge in [0.2, 0.25) is 0 Å². The summed E-state index contributed by atoms with van der Waals surface area (Å²) in [5.74, 6) is 0.694. The van der Waals surface area contributed by atoms with E-state index in [1.807, 2.05) is 7.11 Å². The molecule has 0 amide bonds. The lowest BCUT2D eigenvalue weighted by Crippen LogP contribution is -2.51. The number of piperidine rings is 1. The molecule has 0 radical (unpaired) electrons. The van der Waals surface area contributed by atoms with Gasteiger partial charge in [-0.25, -0.2) is 0 Å². The maximum atomic E-state index is 5.76. The molecule has 3 atom stereocenters. The Morgan fingerprint density at radius 1 is 1.19 bits per heavy atom. The van der Waals surface area contributed by atoms with Crippen molar-refractivity contribution in [3.8, 4) is 0 Å². The van der Waals surface area contributed by atoms with Crippen molar-refractivity contribution in [3.63, 3.8) is 0 Å². The monoisotopic (exact) mass is 288 g/mol. The Balaban J connectivity index is 1.63. The van der Waals surface area contributed by atoms with Crippen LogP contribution in [0.4, 0.5) is 0 Å². The normalized spacial score (nSPS) is 30.5. The van der Waals surface area contributed by atoms with E-state index < -0.39 is 0 Å². The molecule has 21 heavy (non-hydrogen) atoms.